The van der Waals surface area contributed by atoms with Crippen LogP contribution >= 0.6 is 15.9 Å². The molecular weight excluding hydrogens is 440 g/mol. The average Bonchev–Trinajstić information content (AvgIpc) is 2.65. The molecule has 2 atom stereocenters. The van der Waals surface area contributed by atoms with E-state index < -0.39 is 18.2 Å². The standard InChI is InChI=1S/C22H27BrO6/c1-14(2)29-21(22(25)26)11-16-5-4-6-18(10-16)27-12-17(24)13-28-20-8-7-15(3)9-19(20)23/h4-10,14,17,21,24H,11-13H2,1-3H3,(H,25,26). The number of hydrogen-bond donors (Lipinski definition) is 2. The lowest BCUT2D eigenvalue weighted by Gasteiger charge is -2.17. The third-order valence-electron chi connectivity index (χ3n) is 3.99. The zero-order valence-electron chi connectivity index (χ0n) is 16.8. The van der Waals surface area contributed by atoms with Crippen LogP contribution in [-0.4, -0.2) is 47.7 Å². The first-order chi connectivity index (χ1) is 13.7. The van der Waals surface area contributed by atoms with Crippen LogP contribution in [0.4, 0.5) is 0 Å². The third kappa shape index (κ3) is 8.04. The molecule has 6 nitrogen and oxygen atoms in total. The molecule has 0 fully saturated rings. The van der Waals surface area contributed by atoms with Crippen molar-refractivity contribution in [1.29, 1.82) is 0 Å². The fourth-order valence-electron chi connectivity index (χ4n) is 2.65. The highest BCUT2D eigenvalue weighted by Crippen LogP contribution is 2.26. The van der Waals surface area contributed by atoms with Crippen molar-refractivity contribution in [2.45, 2.75) is 45.5 Å². The molecule has 0 saturated carbocycles. The zero-order chi connectivity index (χ0) is 21.4. The maximum absolute atomic E-state index is 11.4. The van der Waals surface area contributed by atoms with Gasteiger partial charge in [0, 0.05) is 6.42 Å². The fraction of sp³-hybridized carbons (Fsp3) is 0.409. The van der Waals surface area contributed by atoms with Crippen LogP contribution in [0.1, 0.15) is 25.0 Å². The number of carboxylic acids is 1. The van der Waals surface area contributed by atoms with Crippen molar-refractivity contribution in [2.24, 2.45) is 0 Å². The summed E-state index contributed by atoms with van der Waals surface area (Å²) < 4.78 is 17.5. The Morgan fingerprint density at radius 2 is 1.83 bits per heavy atom. The van der Waals surface area contributed by atoms with E-state index in [-0.39, 0.29) is 25.7 Å². The molecule has 0 heterocycles. The van der Waals surface area contributed by atoms with Gasteiger partial charge in [0.15, 0.2) is 6.10 Å². The monoisotopic (exact) mass is 466 g/mol. The number of aliphatic hydroxyl groups is 1. The lowest BCUT2D eigenvalue weighted by molar-refractivity contribution is -0.153. The van der Waals surface area contributed by atoms with Gasteiger partial charge >= 0.3 is 5.97 Å². The molecule has 0 spiro atoms. The number of halogens is 1. The van der Waals surface area contributed by atoms with Crippen LogP contribution in [0.3, 0.4) is 0 Å². The predicted molar refractivity (Wildman–Crippen MR) is 114 cm³/mol. The Bertz CT molecular complexity index is 808. The predicted octanol–water partition coefficient (Wildman–Crippen LogP) is 4.00. The first kappa shape index (κ1) is 23.2. The minimum atomic E-state index is -1.00. The second-order valence-electron chi connectivity index (χ2n) is 7.07. The quantitative estimate of drug-likeness (QED) is 0.520. The van der Waals surface area contributed by atoms with Crippen molar-refractivity contribution in [1.82, 2.24) is 0 Å². The fourth-order valence-corrected chi connectivity index (χ4v) is 3.26. The Hall–Kier alpha value is -2.09. The Kier molecular flexibility index (Phi) is 8.95. The summed E-state index contributed by atoms with van der Waals surface area (Å²) in [7, 11) is 0. The first-order valence-corrected chi connectivity index (χ1v) is 10.2. The van der Waals surface area contributed by atoms with Crippen molar-refractivity contribution in [2.75, 3.05) is 13.2 Å². The van der Waals surface area contributed by atoms with Gasteiger partial charge in [-0.05, 0) is 72.1 Å². The second-order valence-corrected chi connectivity index (χ2v) is 7.93. The Morgan fingerprint density at radius 3 is 2.48 bits per heavy atom. The molecule has 0 amide bonds. The number of ether oxygens (including phenoxy) is 3. The normalized spacial score (nSPS) is 13.2. The maximum atomic E-state index is 11.4. The number of aryl methyl sites for hydroxylation is 1. The van der Waals surface area contributed by atoms with Gasteiger partial charge in [0.2, 0.25) is 0 Å². The largest absolute Gasteiger partial charge is 0.491 e. The molecule has 2 aromatic carbocycles. The van der Waals surface area contributed by atoms with E-state index in [0.29, 0.717) is 11.5 Å². The summed E-state index contributed by atoms with van der Waals surface area (Å²) in [5.74, 6) is 0.202. The second kappa shape index (κ2) is 11.2. The van der Waals surface area contributed by atoms with Crippen LogP contribution in [0.2, 0.25) is 0 Å². The summed E-state index contributed by atoms with van der Waals surface area (Å²) in [5, 5.41) is 19.5. The van der Waals surface area contributed by atoms with Crippen LogP contribution in [0.15, 0.2) is 46.9 Å². The van der Waals surface area contributed by atoms with Gasteiger partial charge < -0.3 is 24.4 Å². The van der Waals surface area contributed by atoms with E-state index >= 15 is 0 Å². The molecule has 2 N–H and O–H groups in total. The van der Waals surface area contributed by atoms with E-state index in [2.05, 4.69) is 15.9 Å². The molecule has 7 heteroatoms. The van der Waals surface area contributed by atoms with Gasteiger partial charge in [-0.15, -0.1) is 0 Å². The smallest absolute Gasteiger partial charge is 0.333 e. The molecule has 2 rings (SSSR count). The number of benzene rings is 2. The van der Waals surface area contributed by atoms with Crippen molar-refractivity contribution in [3.05, 3.63) is 58.1 Å². The highest BCUT2D eigenvalue weighted by Gasteiger charge is 2.20. The molecular formula is C22H27BrO6. The van der Waals surface area contributed by atoms with Crippen LogP contribution < -0.4 is 9.47 Å². The number of rotatable bonds is 11. The molecule has 2 aromatic rings. The molecule has 0 aliphatic heterocycles. The molecule has 0 aliphatic carbocycles. The molecule has 2 unspecified atom stereocenters. The van der Waals surface area contributed by atoms with Gasteiger partial charge in [0.05, 0.1) is 10.6 Å². The zero-order valence-corrected chi connectivity index (χ0v) is 18.4. The van der Waals surface area contributed by atoms with E-state index in [1.54, 1.807) is 32.0 Å². The maximum Gasteiger partial charge on any atom is 0.333 e. The number of aliphatic carboxylic acids is 1. The summed E-state index contributed by atoms with van der Waals surface area (Å²) >= 11 is 3.44. The van der Waals surface area contributed by atoms with Crippen molar-refractivity contribution < 1.29 is 29.2 Å². The Labute approximate surface area is 179 Å². The van der Waals surface area contributed by atoms with Crippen molar-refractivity contribution >= 4 is 21.9 Å². The Balaban J connectivity index is 1.87. The van der Waals surface area contributed by atoms with Gasteiger partial charge in [0.25, 0.3) is 0 Å². The summed E-state index contributed by atoms with van der Waals surface area (Å²) in [4.78, 5) is 11.4. The van der Waals surface area contributed by atoms with Gasteiger partial charge in [0.1, 0.15) is 30.8 Å². The molecule has 29 heavy (non-hydrogen) atoms. The van der Waals surface area contributed by atoms with E-state index in [4.69, 9.17) is 14.2 Å². The minimum absolute atomic E-state index is 0.0534. The van der Waals surface area contributed by atoms with Gasteiger partial charge in [-0.1, -0.05) is 18.2 Å². The summed E-state index contributed by atoms with van der Waals surface area (Å²) in [6.45, 7) is 5.73. The van der Waals surface area contributed by atoms with Gasteiger partial charge in [-0.25, -0.2) is 4.79 Å². The van der Waals surface area contributed by atoms with Crippen molar-refractivity contribution in [3.8, 4) is 11.5 Å². The third-order valence-corrected chi connectivity index (χ3v) is 4.61. The lowest BCUT2D eigenvalue weighted by Crippen LogP contribution is -2.29. The van der Waals surface area contributed by atoms with E-state index in [1.807, 2.05) is 31.2 Å². The van der Waals surface area contributed by atoms with Crippen LogP contribution in [-0.2, 0) is 16.0 Å². The topological polar surface area (TPSA) is 85.2 Å². The highest BCUT2D eigenvalue weighted by molar-refractivity contribution is 9.10. The van der Waals surface area contributed by atoms with Crippen LogP contribution in [0.25, 0.3) is 0 Å². The first-order valence-electron chi connectivity index (χ1n) is 9.41. The average molecular weight is 467 g/mol. The van der Waals surface area contributed by atoms with Crippen LogP contribution in [0.5, 0.6) is 11.5 Å². The summed E-state index contributed by atoms with van der Waals surface area (Å²) in [6.07, 6.45) is -1.68. The molecule has 0 aromatic heterocycles. The summed E-state index contributed by atoms with van der Waals surface area (Å²) in [6, 6.07) is 12.8. The summed E-state index contributed by atoms with van der Waals surface area (Å²) in [5.41, 5.74) is 1.89. The number of carboxylic acid groups (broad SMARTS) is 1. The van der Waals surface area contributed by atoms with Crippen LogP contribution in [0, 0.1) is 6.92 Å². The van der Waals surface area contributed by atoms with Gasteiger partial charge in [-0.2, -0.15) is 0 Å². The highest BCUT2D eigenvalue weighted by atomic mass is 79.9. The van der Waals surface area contributed by atoms with E-state index in [0.717, 1.165) is 15.6 Å². The number of aliphatic hydroxyl groups excluding tert-OH is 1. The minimum Gasteiger partial charge on any atom is -0.491 e. The lowest BCUT2D eigenvalue weighted by atomic mass is 10.1. The molecule has 0 radical (unpaired) electrons. The molecule has 158 valence electrons. The molecule has 0 bridgehead atoms. The SMILES string of the molecule is Cc1ccc(OCC(O)COc2cccc(CC(OC(C)C)C(=O)O)c2)c(Br)c1. The van der Waals surface area contributed by atoms with Crippen molar-refractivity contribution in [3.63, 3.8) is 0 Å². The number of hydrogen-bond acceptors (Lipinski definition) is 5. The number of carbonyl (C=O) groups is 1. The molecule has 0 aliphatic rings. The molecule has 0 saturated heterocycles. The van der Waals surface area contributed by atoms with Gasteiger partial charge in [-0.3, -0.25) is 0 Å². The van der Waals surface area contributed by atoms with E-state index in [9.17, 15) is 15.0 Å². The van der Waals surface area contributed by atoms with E-state index in [1.165, 1.54) is 0 Å². The Morgan fingerprint density at radius 1 is 1.10 bits per heavy atom.